The minimum absolute atomic E-state index is 0.328. The number of rotatable bonds is 2. The van der Waals surface area contributed by atoms with Gasteiger partial charge in [-0.1, -0.05) is 12.1 Å². The SMILES string of the molecule is CC(C)n1c2ccccc2c2oc(C=O)cc21. The summed E-state index contributed by atoms with van der Waals surface area (Å²) in [6.07, 6.45) is 0.749. The van der Waals surface area contributed by atoms with Crippen LogP contribution in [0.4, 0.5) is 0 Å². The molecule has 0 fully saturated rings. The second-order valence-electron chi connectivity index (χ2n) is 4.46. The highest BCUT2D eigenvalue weighted by atomic mass is 16.3. The molecule has 3 aromatic rings. The van der Waals surface area contributed by atoms with Crippen LogP contribution in [0.1, 0.15) is 30.4 Å². The normalized spacial score (nSPS) is 11.7. The van der Waals surface area contributed by atoms with Crippen molar-refractivity contribution >= 4 is 28.3 Å². The van der Waals surface area contributed by atoms with Gasteiger partial charge in [0.05, 0.1) is 11.0 Å². The molecule has 0 saturated carbocycles. The molecule has 0 spiro atoms. The quantitative estimate of drug-likeness (QED) is 0.624. The van der Waals surface area contributed by atoms with E-state index in [9.17, 15) is 4.79 Å². The van der Waals surface area contributed by atoms with E-state index in [1.54, 1.807) is 0 Å². The Hall–Kier alpha value is -2.03. The van der Waals surface area contributed by atoms with Crippen LogP contribution in [0.2, 0.25) is 0 Å². The molecule has 0 N–H and O–H groups in total. The van der Waals surface area contributed by atoms with E-state index in [2.05, 4.69) is 24.5 Å². The Morgan fingerprint density at radius 2 is 2.00 bits per heavy atom. The van der Waals surface area contributed by atoms with Gasteiger partial charge in [0.25, 0.3) is 0 Å². The van der Waals surface area contributed by atoms with Crippen molar-refractivity contribution in [3.63, 3.8) is 0 Å². The summed E-state index contributed by atoms with van der Waals surface area (Å²) in [5, 5.41) is 1.06. The van der Waals surface area contributed by atoms with Gasteiger partial charge in [0.2, 0.25) is 0 Å². The van der Waals surface area contributed by atoms with Crippen LogP contribution in [0.5, 0.6) is 0 Å². The zero-order valence-corrected chi connectivity index (χ0v) is 9.81. The van der Waals surface area contributed by atoms with Gasteiger partial charge in [-0.25, -0.2) is 0 Å². The van der Waals surface area contributed by atoms with Crippen LogP contribution in [-0.2, 0) is 0 Å². The molecule has 0 radical (unpaired) electrons. The first kappa shape index (κ1) is 10.1. The number of aromatic nitrogens is 1. The molecule has 0 aliphatic rings. The summed E-state index contributed by atoms with van der Waals surface area (Å²) in [5.74, 6) is 0.384. The number of carbonyl (C=O) groups excluding carboxylic acids is 1. The van der Waals surface area contributed by atoms with Gasteiger partial charge in [-0.05, 0) is 26.0 Å². The third-order valence-electron chi connectivity index (χ3n) is 3.03. The zero-order valence-electron chi connectivity index (χ0n) is 9.81. The van der Waals surface area contributed by atoms with Crippen molar-refractivity contribution in [2.75, 3.05) is 0 Å². The molecule has 0 aliphatic heterocycles. The second kappa shape index (κ2) is 3.48. The number of furan rings is 1. The van der Waals surface area contributed by atoms with Crippen LogP contribution in [0.3, 0.4) is 0 Å². The topological polar surface area (TPSA) is 35.1 Å². The number of hydrogen-bond donors (Lipinski definition) is 0. The molecule has 0 aliphatic carbocycles. The van der Waals surface area contributed by atoms with Crippen molar-refractivity contribution in [2.45, 2.75) is 19.9 Å². The van der Waals surface area contributed by atoms with Crippen LogP contribution < -0.4 is 0 Å². The number of nitrogens with zero attached hydrogens (tertiary/aromatic N) is 1. The summed E-state index contributed by atoms with van der Waals surface area (Å²) in [4.78, 5) is 10.8. The highest BCUT2D eigenvalue weighted by molar-refractivity contribution is 6.06. The van der Waals surface area contributed by atoms with Crippen LogP contribution in [0, 0.1) is 0 Å². The first-order chi connectivity index (χ1) is 8.22. The number of hydrogen-bond acceptors (Lipinski definition) is 2. The van der Waals surface area contributed by atoms with E-state index < -0.39 is 0 Å². The van der Waals surface area contributed by atoms with Crippen molar-refractivity contribution in [3.8, 4) is 0 Å². The number of benzene rings is 1. The molecule has 2 heterocycles. The first-order valence-electron chi connectivity index (χ1n) is 5.70. The molecule has 3 nitrogen and oxygen atoms in total. The van der Waals surface area contributed by atoms with E-state index in [4.69, 9.17) is 4.42 Å². The molecular formula is C14H13NO2. The molecule has 0 unspecified atom stereocenters. The third kappa shape index (κ3) is 1.32. The van der Waals surface area contributed by atoms with Gasteiger partial charge >= 0.3 is 0 Å². The third-order valence-corrected chi connectivity index (χ3v) is 3.03. The summed E-state index contributed by atoms with van der Waals surface area (Å²) >= 11 is 0. The van der Waals surface area contributed by atoms with Crippen molar-refractivity contribution in [2.24, 2.45) is 0 Å². The minimum atomic E-state index is 0.328. The lowest BCUT2D eigenvalue weighted by molar-refractivity contribution is 0.110. The highest BCUT2D eigenvalue weighted by Gasteiger charge is 2.16. The number of fused-ring (bicyclic) bond motifs is 3. The zero-order chi connectivity index (χ0) is 12.0. The molecule has 0 amide bonds. The fraction of sp³-hybridized carbons (Fsp3) is 0.214. The predicted octanol–water partition coefficient (Wildman–Crippen LogP) is 3.78. The Balaban J connectivity index is 2.52. The van der Waals surface area contributed by atoms with Gasteiger partial charge in [0, 0.05) is 17.5 Å². The molecule has 0 bridgehead atoms. The van der Waals surface area contributed by atoms with Crippen LogP contribution in [0.15, 0.2) is 34.7 Å². The van der Waals surface area contributed by atoms with E-state index in [0.717, 1.165) is 28.3 Å². The lowest BCUT2D eigenvalue weighted by Crippen LogP contribution is -1.99. The lowest BCUT2D eigenvalue weighted by atomic mass is 10.2. The molecule has 1 aromatic carbocycles. The molecular weight excluding hydrogens is 214 g/mol. The summed E-state index contributed by atoms with van der Waals surface area (Å²) in [7, 11) is 0. The van der Waals surface area contributed by atoms with Crippen molar-refractivity contribution in [1.29, 1.82) is 0 Å². The highest BCUT2D eigenvalue weighted by Crippen LogP contribution is 2.33. The van der Waals surface area contributed by atoms with Crippen LogP contribution >= 0.6 is 0 Å². The maximum Gasteiger partial charge on any atom is 0.185 e. The summed E-state index contributed by atoms with van der Waals surface area (Å²) in [5.41, 5.74) is 2.94. The van der Waals surface area contributed by atoms with Crippen molar-refractivity contribution in [1.82, 2.24) is 4.57 Å². The predicted molar refractivity (Wildman–Crippen MR) is 67.5 cm³/mol. The fourth-order valence-corrected chi connectivity index (χ4v) is 2.39. The standard InChI is InChI=1S/C14H13NO2/c1-9(2)15-12-6-4-3-5-11(12)14-13(15)7-10(8-16)17-14/h3-9H,1-2H3. The van der Waals surface area contributed by atoms with Crippen LogP contribution in [-0.4, -0.2) is 10.9 Å². The first-order valence-corrected chi connectivity index (χ1v) is 5.70. The monoisotopic (exact) mass is 227 g/mol. The molecule has 3 rings (SSSR count). The number of para-hydroxylation sites is 1. The van der Waals surface area contributed by atoms with E-state index in [0.29, 0.717) is 11.8 Å². The number of aldehydes is 1. The van der Waals surface area contributed by atoms with E-state index in [1.807, 2.05) is 24.3 Å². The molecule has 3 heteroatoms. The van der Waals surface area contributed by atoms with Gasteiger partial charge in [0.1, 0.15) is 0 Å². The maximum atomic E-state index is 10.8. The molecule has 0 saturated heterocycles. The largest absolute Gasteiger partial charge is 0.451 e. The van der Waals surface area contributed by atoms with Gasteiger partial charge in [-0.2, -0.15) is 0 Å². The average Bonchev–Trinajstić information content (AvgIpc) is 2.84. The summed E-state index contributed by atoms with van der Waals surface area (Å²) < 4.78 is 7.77. The Morgan fingerprint density at radius 3 is 2.71 bits per heavy atom. The maximum absolute atomic E-state index is 10.8. The lowest BCUT2D eigenvalue weighted by Gasteiger charge is -2.09. The van der Waals surface area contributed by atoms with Gasteiger partial charge in [-0.15, -0.1) is 0 Å². The fourth-order valence-electron chi connectivity index (χ4n) is 2.39. The van der Waals surface area contributed by atoms with E-state index in [-0.39, 0.29) is 0 Å². The average molecular weight is 227 g/mol. The molecule has 17 heavy (non-hydrogen) atoms. The van der Waals surface area contributed by atoms with Crippen LogP contribution in [0.25, 0.3) is 22.0 Å². The smallest absolute Gasteiger partial charge is 0.185 e. The number of carbonyl (C=O) groups is 1. The van der Waals surface area contributed by atoms with Gasteiger partial charge in [0.15, 0.2) is 17.6 Å². The van der Waals surface area contributed by atoms with Crippen molar-refractivity contribution < 1.29 is 9.21 Å². The van der Waals surface area contributed by atoms with Gasteiger partial charge < -0.3 is 8.98 Å². The summed E-state index contributed by atoms with van der Waals surface area (Å²) in [6.45, 7) is 4.25. The van der Waals surface area contributed by atoms with E-state index in [1.165, 1.54) is 0 Å². The summed E-state index contributed by atoms with van der Waals surface area (Å²) in [6, 6.07) is 10.2. The van der Waals surface area contributed by atoms with Crippen molar-refractivity contribution in [3.05, 3.63) is 36.1 Å². The Kier molecular flexibility index (Phi) is 2.08. The molecule has 86 valence electrons. The molecule has 2 aromatic heterocycles. The van der Waals surface area contributed by atoms with E-state index >= 15 is 0 Å². The molecule has 0 atom stereocenters. The second-order valence-corrected chi connectivity index (χ2v) is 4.46. The Morgan fingerprint density at radius 1 is 1.24 bits per heavy atom. The Bertz CT molecular complexity index is 703. The Labute approximate surface area is 98.6 Å². The minimum Gasteiger partial charge on any atom is -0.451 e. The van der Waals surface area contributed by atoms with Gasteiger partial charge in [-0.3, -0.25) is 4.79 Å².